The van der Waals surface area contributed by atoms with Crippen LogP contribution < -0.4 is 0 Å². The molecule has 194 valence electrons. The Bertz CT molecular complexity index is 733. The fraction of sp³-hybridized carbons (Fsp3) is 0.727. The molecule has 0 aliphatic heterocycles. The third-order valence-electron chi connectivity index (χ3n) is 5.93. The maximum absolute atomic E-state index is 10.4. The lowest BCUT2D eigenvalue weighted by Gasteiger charge is -2.00. The predicted octanol–water partition coefficient (Wildman–Crippen LogP) is 9.08. The van der Waals surface area contributed by atoms with E-state index < -0.39 is 5.97 Å². The summed E-state index contributed by atoms with van der Waals surface area (Å²) < 4.78 is 0. The van der Waals surface area contributed by atoms with E-state index in [0.717, 1.165) is 64.2 Å². The summed E-state index contributed by atoms with van der Waals surface area (Å²) in [4.78, 5) is 10.4. The highest BCUT2D eigenvalue weighted by molar-refractivity contribution is 5.66. The first kappa shape index (κ1) is 32.7. The van der Waals surface area contributed by atoms with Crippen molar-refractivity contribution in [1.29, 1.82) is 0 Å². The molecule has 2 heteroatoms. The lowest BCUT2D eigenvalue weighted by Crippen LogP contribution is -1.93. The van der Waals surface area contributed by atoms with E-state index >= 15 is 0 Å². The van der Waals surface area contributed by atoms with Crippen molar-refractivity contribution in [2.75, 3.05) is 0 Å². The smallest absolute Gasteiger partial charge is 0.303 e. The van der Waals surface area contributed by atoms with Crippen LogP contribution in [0.5, 0.6) is 0 Å². The summed E-state index contributed by atoms with van der Waals surface area (Å²) in [7, 11) is 0. The highest BCUT2D eigenvalue weighted by atomic mass is 16.4. The summed E-state index contributed by atoms with van der Waals surface area (Å²) in [5.41, 5.74) is 0. The minimum Gasteiger partial charge on any atom is -0.481 e. The van der Waals surface area contributed by atoms with E-state index in [1.807, 2.05) is 0 Å². The normalized spacial score (nSPS) is 9.51. The summed E-state index contributed by atoms with van der Waals surface area (Å²) in [6.45, 7) is 2.27. The molecule has 0 aromatic carbocycles. The van der Waals surface area contributed by atoms with Gasteiger partial charge in [0.2, 0.25) is 0 Å². The SMILES string of the molecule is CCCCCCCCCCCCC#CC#CCCCCC#CC#CCCCCCCCCC(=O)O. The molecule has 0 unspecified atom stereocenters. The second kappa shape index (κ2) is 29.7. The number of rotatable bonds is 21. The quantitative estimate of drug-likeness (QED) is 0.132. The van der Waals surface area contributed by atoms with Crippen LogP contribution in [0.4, 0.5) is 0 Å². The Hall–Kier alpha value is -2.29. The zero-order chi connectivity index (χ0) is 25.5. The molecule has 0 saturated heterocycles. The Kier molecular flexibility index (Phi) is 27.8. The van der Waals surface area contributed by atoms with Crippen LogP contribution in [0.15, 0.2) is 0 Å². The number of carbonyl (C=O) groups is 1. The molecule has 0 aliphatic rings. The van der Waals surface area contributed by atoms with Crippen molar-refractivity contribution in [1.82, 2.24) is 0 Å². The first-order chi connectivity index (χ1) is 17.3. The van der Waals surface area contributed by atoms with Crippen molar-refractivity contribution in [3.05, 3.63) is 0 Å². The molecule has 2 nitrogen and oxygen atoms in total. The van der Waals surface area contributed by atoms with Gasteiger partial charge in [0.05, 0.1) is 0 Å². The minimum absolute atomic E-state index is 0.297. The van der Waals surface area contributed by atoms with Gasteiger partial charge in [-0.2, -0.15) is 0 Å². The average molecular weight is 479 g/mol. The van der Waals surface area contributed by atoms with E-state index in [1.165, 1.54) is 77.0 Å². The van der Waals surface area contributed by atoms with Gasteiger partial charge in [0.25, 0.3) is 0 Å². The number of aliphatic carboxylic acids is 1. The predicted molar refractivity (Wildman–Crippen MR) is 151 cm³/mol. The lowest BCUT2D eigenvalue weighted by molar-refractivity contribution is -0.137. The molecule has 0 aromatic rings. The van der Waals surface area contributed by atoms with Crippen LogP contribution in [-0.2, 0) is 4.79 Å². The fourth-order valence-corrected chi connectivity index (χ4v) is 3.75. The first-order valence-corrected chi connectivity index (χ1v) is 14.4. The van der Waals surface area contributed by atoms with Crippen molar-refractivity contribution < 1.29 is 9.90 Å². The molecule has 1 N–H and O–H groups in total. The summed E-state index contributed by atoms with van der Waals surface area (Å²) in [5.74, 6) is 23.8. The Morgan fingerprint density at radius 1 is 0.457 bits per heavy atom. The third kappa shape index (κ3) is 31.7. The number of carboxylic acid groups (broad SMARTS) is 1. The van der Waals surface area contributed by atoms with Crippen LogP contribution in [-0.4, -0.2) is 11.1 Å². The van der Waals surface area contributed by atoms with Gasteiger partial charge in [0.15, 0.2) is 0 Å². The molecule has 0 spiro atoms. The Labute approximate surface area is 217 Å². The van der Waals surface area contributed by atoms with Crippen LogP contribution in [0.2, 0.25) is 0 Å². The molecule has 0 radical (unpaired) electrons. The van der Waals surface area contributed by atoms with E-state index in [2.05, 4.69) is 54.3 Å². The van der Waals surface area contributed by atoms with Crippen LogP contribution in [0.1, 0.15) is 155 Å². The van der Waals surface area contributed by atoms with Crippen molar-refractivity contribution in [3.63, 3.8) is 0 Å². The van der Waals surface area contributed by atoms with E-state index in [-0.39, 0.29) is 0 Å². The van der Waals surface area contributed by atoms with Gasteiger partial charge in [-0.05, 0) is 55.8 Å². The summed E-state index contributed by atoms with van der Waals surface area (Å²) in [6, 6.07) is 0. The molecule has 0 rings (SSSR count). The summed E-state index contributed by atoms with van der Waals surface area (Å²) >= 11 is 0. The van der Waals surface area contributed by atoms with E-state index in [1.54, 1.807) is 0 Å². The van der Waals surface area contributed by atoms with E-state index in [0.29, 0.717) is 6.42 Å². The Morgan fingerprint density at radius 2 is 0.743 bits per heavy atom. The standard InChI is InChI=1S/C33H50O2/c1-2-3-4-5-6-7-8-9-10-11-12-13-14-15-16-17-18-19-20-21-22-23-24-25-26-27-28-29-30-31-32-33(34)35/h2-12,17-20,25-32H2,1H3,(H,34,35). The monoisotopic (exact) mass is 478 g/mol. The van der Waals surface area contributed by atoms with Gasteiger partial charge in [-0.3, -0.25) is 4.79 Å². The molecule has 0 aromatic heterocycles. The molecule has 0 fully saturated rings. The highest BCUT2D eigenvalue weighted by Crippen LogP contribution is 2.11. The zero-order valence-electron chi connectivity index (χ0n) is 22.6. The second-order valence-corrected chi connectivity index (χ2v) is 9.36. The first-order valence-electron chi connectivity index (χ1n) is 14.4. The topological polar surface area (TPSA) is 37.3 Å². The van der Waals surface area contributed by atoms with Crippen LogP contribution in [0, 0.1) is 47.4 Å². The number of hydrogen-bond acceptors (Lipinski definition) is 1. The molecule has 0 atom stereocenters. The van der Waals surface area contributed by atoms with Crippen molar-refractivity contribution in [2.24, 2.45) is 0 Å². The van der Waals surface area contributed by atoms with Gasteiger partial charge in [0, 0.05) is 32.1 Å². The van der Waals surface area contributed by atoms with Crippen LogP contribution in [0.3, 0.4) is 0 Å². The van der Waals surface area contributed by atoms with Crippen molar-refractivity contribution >= 4 is 5.97 Å². The maximum Gasteiger partial charge on any atom is 0.303 e. The number of hydrogen-bond donors (Lipinski definition) is 1. The molecule has 0 aliphatic carbocycles. The number of carboxylic acids is 1. The summed E-state index contributed by atoms with van der Waals surface area (Å²) in [5, 5.41) is 8.58. The van der Waals surface area contributed by atoms with Crippen molar-refractivity contribution in [2.45, 2.75) is 155 Å². The molecular weight excluding hydrogens is 428 g/mol. The summed E-state index contributed by atoms with van der Waals surface area (Å²) in [6.07, 6.45) is 26.1. The lowest BCUT2D eigenvalue weighted by atomic mass is 10.1. The van der Waals surface area contributed by atoms with Gasteiger partial charge in [-0.1, -0.05) is 114 Å². The van der Waals surface area contributed by atoms with Gasteiger partial charge >= 0.3 is 5.97 Å². The molecule has 0 saturated carbocycles. The number of unbranched alkanes of at least 4 members (excludes halogenated alkanes) is 19. The molecular formula is C33H50O2. The van der Waals surface area contributed by atoms with Crippen LogP contribution in [0.25, 0.3) is 0 Å². The molecule has 0 heterocycles. The largest absolute Gasteiger partial charge is 0.481 e. The van der Waals surface area contributed by atoms with Gasteiger partial charge < -0.3 is 5.11 Å². The van der Waals surface area contributed by atoms with Gasteiger partial charge in [-0.15, -0.1) is 0 Å². The average Bonchev–Trinajstić information content (AvgIpc) is 2.85. The molecule has 35 heavy (non-hydrogen) atoms. The van der Waals surface area contributed by atoms with Gasteiger partial charge in [-0.25, -0.2) is 0 Å². The van der Waals surface area contributed by atoms with E-state index in [9.17, 15) is 4.79 Å². The van der Waals surface area contributed by atoms with E-state index in [4.69, 9.17) is 5.11 Å². The maximum atomic E-state index is 10.4. The van der Waals surface area contributed by atoms with Gasteiger partial charge in [0.1, 0.15) is 0 Å². The Balaban J connectivity index is 3.41. The fourth-order valence-electron chi connectivity index (χ4n) is 3.75. The highest BCUT2D eigenvalue weighted by Gasteiger charge is 1.96. The second-order valence-electron chi connectivity index (χ2n) is 9.36. The van der Waals surface area contributed by atoms with Crippen molar-refractivity contribution in [3.8, 4) is 47.4 Å². The molecule has 0 amide bonds. The van der Waals surface area contributed by atoms with Crippen LogP contribution >= 0.6 is 0 Å². The molecule has 0 bridgehead atoms. The third-order valence-corrected chi connectivity index (χ3v) is 5.93. The minimum atomic E-state index is -0.690. The Morgan fingerprint density at radius 3 is 1.09 bits per heavy atom. The zero-order valence-corrected chi connectivity index (χ0v) is 22.6.